The molecule has 0 spiro atoms. The van der Waals surface area contributed by atoms with E-state index in [2.05, 4.69) is 10.1 Å². The van der Waals surface area contributed by atoms with Gasteiger partial charge in [0, 0.05) is 31.7 Å². The number of amides is 2. The summed E-state index contributed by atoms with van der Waals surface area (Å²) in [6.07, 6.45) is 0.242. The Hall–Kier alpha value is -2.90. The van der Waals surface area contributed by atoms with Gasteiger partial charge in [-0.25, -0.2) is 0 Å². The van der Waals surface area contributed by atoms with Crippen LogP contribution in [0.2, 0.25) is 0 Å². The summed E-state index contributed by atoms with van der Waals surface area (Å²) >= 11 is 0. The molecule has 8 nitrogen and oxygen atoms in total. The molecular weight excluding hydrogens is 336 g/mol. The second-order valence-electron chi connectivity index (χ2n) is 6.72. The molecule has 2 amide bonds. The van der Waals surface area contributed by atoms with Crippen LogP contribution in [0, 0.1) is 12.8 Å². The van der Waals surface area contributed by atoms with Crippen molar-refractivity contribution in [2.75, 3.05) is 31.6 Å². The highest BCUT2D eigenvalue weighted by Gasteiger charge is 2.42. The number of carbonyl (C=O) groups excluding carboxylic acids is 2. The fourth-order valence-corrected chi connectivity index (χ4v) is 3.44. The van der Waals surface area contributed by atoms with Crippen molar-refractivity contribution in [2.24, 2.45) is 5.92 Å². The smallest absolute Gasteiger partial charge is 0.233 e. The van der Waals surface area contributed by atoms with E-state index in [1.807, 2.05) is 24.3 Å². The van der Waals surface area contributed by atoms with Crippen LogP contribution >= 0.6 is 0 Å². The number of anilines is 1. The van der Waals surface area contributed by atoms with Crippen LogP contribution in [0.4, 0.5) is 5.69 Å². The number of aryl methyl sites for hydroxylation is 1. The van der Waals surface area contributed by atoms with Gasteiger partial charge in [0.05, 0.1) is 18.9 Å². The summed E-state index contributed by atoms with van der Waals surface area (Å²) < 4.78 is 10.3. The van der Waals surface area contributed by atoms with Gasteiger partial charge in [-0.3, -0.25) is 9.59 Å². The zero-order valence-electron chi connectivity index (χ0n) is 14.7. The minimum atomic E-state index is -0.310. The van der Waals surface area contributed by atoms with E-state index in [1.165, 1.54) is 0 Å². The molecule has 0 radical (unpaired) electrons. The van der Waals surface area contributed by atoms with Gasteiger partial charge in [-0.15, -0.1) is 0 Å². The molecule has 2 saturated heterocycles. The van der Waals surface area contributed by atoms with Gasteiger partial charge in [-0.05, 0) is 31.2 Å². The molecule has 8 heteroatoms. The molecule has 0 saturated carbocycles. The number of hydrogen-bond donors (Lipinski definition) is 0. The Bertz CT molecular complexity index is 826. The summed E-state index contributed by atoms with van der Waals surface area (Å²) in [5.41, 5.74) is 0.786. The van der Waals surface area contributed by atoms with Crippen molar-refractivity contribution in [1.29, 1.82) is 0 Å². The van der Waals surface area contributed by atoms with E-state index in [9.17, 15) is 9.59 Å². The summed E-state index contributed by atoms with van der Waals surface area (Å²) in [6.45, 7) is 3.30. The SMILES string of the molecule is COc1ccc(N2CC(C(=O)N3CC(c4nc(C)no4)C3)CC2=O)cc1. The van der Waals surface area contributed by atoms with E-state index in [1.54, 1.807) is 23.8 Å². The highest BCUT2D eigenvalue weighted by molar-refractivity contribution is 6.00. The molecular formula is C18H20N4O4. The lowest BCUT2D eigenvalue weighted by Gasteiger charge is -2.38. The Morgan fingerprint density at radius 3 is 2.58 bits per heavy atom. The number of hydrogen-bond acceptors (Lipinski definition) is 6. The van der Waals surface area contributed by atoms with Gasteiger partial charge in [0.15, 0.2) is 5.82 Å². The van der Waals surface area contributed by atoms with Crippen LogP contribution in [0.15, 0.2) is 28.8 Å². The van der Waals surface area contributed by atoms with Gasteiger partial charge in [-0.2, -0.15) is 4.98 Å². The van der Waals surface area contributed by atoms with Gasteiger partial charge >= 0.3 is 0 Å². The normalized spacial score (nSPS) is 20.4. The lowest BCUT2D eigenvalue weighted by Crippen LogP contribution is -2.51. The van der Waals surface area contributed by atoms with Crippen molar-refractivity contribution in [2.45, 2.75) is 19.3 Å². The molecule has 26 heavy (non-hydrogen) atoms. The van der Waals surface area contributed by atoms with Crippen molar-refractivity contribution in [1.82, 2.24) is 15.0 Å². The Balaban J connectivity index is 1.37. The lowest BCUT2D eigenvalue weighted by atomic mass is 9.96. The third-order valence-electron chi connectivity index (χ3n) is 4.94. The fraction of sp³-hybridized carbons (Fsp3) is 0.444. The van der Waals surface area contributed by atoms with Crippen molar-refractivity contribution < 1.29 is 18.8 Å². The first-order chi connectivity index (χ1) is 12.5. The fourth-order valence-electron chi connectivity index (χ4n) is 3.44. The standard InChI is InChI=1S/C18H20N4O4/c1-11-19-17(26-20-11)13-8-21(9-13)18(24)12-7-16(23)22(10-12)14-3-5-15(25-2)6-4-14/h3-6,12-13H,7-10H2,1-2H3. The van der Waals surface area contributed by atoms with E-state index in [4.69, 9.17) is 9.26 Å². The van der Waals surface area contributed by atoms with Gasteiger partial charge in [0.1, 0.15) is 5.75 Å². The minimum Gasteiger partial charge on any atom is -0.497 e. The number of nitrogens with zero attached hydrogens (tertiary/aromatic N) is 4. The quantitative estimate of drug-likeness (QED) is 0.822. The number of rotatable bonds is 4. The largest absolute Gasteiger partial charge is 0.497 e. The first kappa shape index (κ1) is 16.6. The molecule has 2 fully saturated rings. The van der Waals surface area contributed by atoms with Crippen molar-refractivity contribution >= 4 is 17.5 Å². The zero-order valence-corrected chi connectivity index (χ0v) is 14.7. The van der Waals surface area contributed by atoms with Gasteiger partial charge < -0.3 is 19.1 Å². The van der Waals surface area contributed by atoms with Crippen molar-refractivity contribution in [3.05, 3.63) is 36.0 Å². The van der Waals surface area contributed by atoms with Crippen LogP contribution in [-0.4, -0.2) is 53.6 Å². The molecule has 0 bridgehead atoms. The van der Waals surface area contributed by atoms with Crippen LogP contribution in [0.1, 0.15) is 24.1 Å². The van der Waals surface area contributed by atoms with Gasteiger partial charge in [0.25, 0.3) is 0 Å². The molecule has 1 atom stereocenters. The monoisotopic (exact) mass is 356 g/mol. The molecule has 0 aliphatic carbocycles. The maximum atomic E-state index is 12.7. The van der Waals surface area contributed by atoms with Crippen LogP contribution < -0.4 is 9.64 Å². The molecule has 136 valence electrons. The Labute approximate surface area is 150 Å². The molecule has 1 aromatic carbocycles. The number of aromatic nitrogens is 2. The molecule has 2 aliphatic heterocycles. The third-order valence-corrected chi connectivity index (χ3v) is 4.94. The first-order valence-corrected chi connectivity index (χ1v) is 8.58. The highest BCUT2D eigenvalue weighted by atomic mass is 16.5. The Kier molecular flexibility index (Phi) is 4.10. The summed E-state index contributed by atoms with van der Waals surface area (Å²) in [7, 11) is 1.60. The lowest BCUT2D eigenvalue weighted by molar-refractivity contribution is -0.140. The van der Waals surface area contributed by atoms with E-state index >= 15 is 0 Å². The number of methoxy groups -OCH3 is 1. The van der Waals surface area contributed by atoms with E-state index in [-0.39, 0.29) is 30.1 Å². The topological polar surface area (TPSA) is 88.8 Å². The van der Waals surface area contributed by atoms with Crippen LogP contribution in [-0.2, 0) is 9.59 Å². The van der Waals surface area contributed by atoms with E-state index in [0.717, 1.165) is 11.4 Å². The van der Waals surface area contributed by atoms with Gasteiger partial charge in [-0.1, -0.05) is 5.16 Å². The van der Waals surface area contributed by atoms with Crippen LogP contribution in [0.5, 0.6) is 5.75 Å². The Morgan fingerprint density at radius 1 is 1.23 bits per heavy atom. The maximum Gasteiger partial charge on any atom is 0.233 e. The summed E-state index contributed by atoms with van der Waals surface area (Å²) in [6, 6.07) is 7.29. The van der Waals surface area contributed by atoms with Crippen LogP contribution in [0.25, 0.3) is 0 Å². The second kappa shape index (κ2) is 6.44. The first-order valence-electron chi connectivity index (χ1n) is 8.58. The highest BCUT2D eigenvalue weighted by Crippen LogP contribution is 2.31. The predicted molar refractivity (Wildman–Crippen MR) is 91.8 cm³/mol. The van der Waals surface area contributed by atoms with E-state index < -0.39 is 0 Å². The molecule has 2 aliphatic rings. The number of likely N-dealkylation sites (tertiary alicyclic amines) is 1. The number of benzene rings is 1. The second-order valence-corrected chi connectivity index (χ2v) is 6.72. The Morgan fingerprint density at radius 2 is 1.96 bits per heavy atom. The summed E-state index contributed by atoms with van der Waals surface area (Å²) in [5, 5.41) is 3.78. The van der Waals surface area contributed by atoms with Crippen molar-refractivity contribution in [3.8, 4) is 5.75 Å². The van der Waals surface area contributed by atoms with E-state index in [0.29, 0.717) is 31.3 Å². The predicted octanol–water partition coefficient (Wildman–Crippen LogP) is 1.37. The summed E-state index contributed by atoms with van der Waals surface area (Å²) in [5.74, 6) is 1.68. The van der Waals surface area contributed by atoms with Crippen molar-refractivity contribution in [3.63, 3.8) is 0 Å². The molecule has 3 heterocycles. The maximum absolute atomic E-state index is 12.7. The molecule has 2 aromatic rings. The number of ether oxygens (including phenoxy) is 1. The zero-order chi connectivity index (χ0) is 18.3. The average molecular weight is 356 g/mol. The summed E-state index contributed by atoms with van der Waals surface area (Å²) in [4.78, 5) is 32.7. The van der Waals surface area contributed by atoms with Gasteiger partial charge in [0.2, 0.25) is 17.7 Å². The molecule has 1 unspecified atom stereocenters. The average Bonchev–Trinajstić information content (AvgIpc) is 3.19. The number of carbonyl (C=O) groups is 2. The third kappa shape index (κ3) is 2.91. The minimum absolute atomic E-state index is 0.0156. The molecule has 0 N–H and O–H groups in total. The molecule has 1 aromatic heterocycles. The molecule has 4 rings (SSSR count). The van der Waals surface area contributed by atoms with Crippen LogP contribution in [0.3, 0.4) is 0 Å².